The van der Waals surface area contributed by atoms with Crippen LogP contribution in [0.3, 0.4) is 0 Å². The van der Waals surface area contributed by atoms with Gasteiger partial charge in [0.25, 0.3) is 5.91 Å². The second kappa shape index (κ2) is 18.3. The van der Waals surface area contributed by atoms with Crippen LogP contribution < -0.4 is 21.3 Å². The van der Waals surface area contributed by atoms with Crippen molar-refractivity contribution in [2.45, 2.75) is 46.1 Å². The Morgan fingerprint density at radius 1 is 0.892 bits per heavy atom. The molecule has 0 radical (unpaired) electrons. The number of aliphatic hydroxyl groups is 1. The lowest BCUT2D eigenvalue weighted by molar-refractivity contribution is 0.0519. The molecule has 0 unspecified atom stereocenters. The van der Waals surface area contributed by atoms with Crippen molar-refractivity contribution in [3.8, 4) is 0 Å². The number of hydrogen-bond donors (Lipinski definition) is 5. The van der Waals surface area contributed by atoms with Crippen LogP contribution in [0.2, 0.25) is 0 Å². The molecule has 0 aliphatic rings. The quantitative estimate of drug-likeness (QED) is 0.166. The molecule has 11 nitrogen and oxygen atoms in total. The highest BCUT2D eigenvalue weighted by atomic mass is 16.5. The molecule has 11 heteroatoms. The maximum Gasteiger partial charge on any atom is 0.251 e. The molecule has 1 aromatic heterocycles. The number of nitrogens with one attached hydrogen (secondary N) is 4. The molecule has 0 aliphatic heterocycles. The summed E-state index contributed by atoms with van der Waals surface area (Å²) in [6.07, 6.45) is 2.89. The largest absolute Gasteiger partial charge is 0.394 e. The Hall–Kier alpha value is -3.02. The van der Waals surface area contributed by atoms with E-state index >= 15 is 0 Å². The number of amides is 1. The third kappa shape index (κ3) is 13.2. The molecule has 1 atom stereocenters. The molecule has 0 saturated heterocycles. The fraction of sp³-hybridized carbons (Fsp3) is 0.615. The number of ether oxygens (including phenoxy) is 2. The van der Waals surface area contributed by atoms with Gasteiger partial charge in [-0.1, -0.05) is 45.4 Å². The van der Waals surface area contributed by atoms with Gasteiger partial charge in [0.1, 0.15) is 0 Å². The zero-order valence-corrected chi connectivity index (χ0v) is 22.3. The third-order valence-electron chi connectivity index (χ3n) is 5.23. The smallest absolute Gasteiger partial charge is 0.251 e. The number of anilines is 3. The van der Waals surface area contributed by atoms with E-state index in [1.807, 2.05) is 18.2 Å². The highest BCUT2D eigenvalue weighted by molar-refractivity contribution is 5.94. The van der Waals surface area contributed by atoms with Crippen LogP contribution in [-0.2, 0) is 9.47 Å². The molecule has 1 amide bonds. The van der Waals surface area contributed by atoms with Crippen LogP contribution in [0.4, 0.5) is 17.8 Å². The molecule has 1 heterocycles. The van der Waals surface area contributed by atoms with Crippen molar-refractivity contribution in [2.24, 2.45) is 5.92 Å². The monoisotopic (exact) mass is 517 g/mol. The molecule has 206 valence electrons. The summed E-state index contributed by atoms with van der Waals surface area (Å²) in [7, 11) is 0. The van der Waals surface area contributed by atoms with Gasteiger partial charge in [-0.2, -0.15) is 15.0 Å². The topological polar surface area (TPSA) is 143 Å². The van der Waals surface area contributed by atoms with Crippen LogP contribution in [0.15, 0.2) is 30.3 Å². The lowest BCUT2D eigenvalue weighted by Crippen LogP contribution is -2.27. The van der Waals surface area contributed by atoms with Gasteiger partial charge in [-0.3, -0.25) is 4.79 Å². The summed E-state index contributed by atoms with van der Waals surface area (Å²) in [5, 5.41) is 22.1. The Morgan fingerprint density at radius 2 is 1.51 bits per heavy atom. The standard InChI is InChI=1S/C26H43N7O4/c1-4-5-11-28-24-31-25(33-26(32-24)30-22(19-34)18-20(2)3)29-13-15-37-17-16-36-14-12-27-23(35)21-9-7-6-8-10-21/h6-10,20,22,34H,4-5,11-19H2,1-3H3,(H,27,35)(H3,28,29,30,31,32,33)/t22-/m1/s1. The Balaban J connectivity index is 1.67. The van der Waals surface area contributed by atoms with Gasteiger partial charge >= 0.3 is 0 Å². The number of carbonyl (C=O) groups is 1. The number of unbranched alkanes of at least 4 members (excludes halogenated alkanes) is 1. The summed E-state index contributed by atoms with van der Waals surface area (Å²) < 4.78 is 11.1. The second-order valence-corrected chi connectivity index (χ2v) is 9.01. The normalized spacial score (nSPS) is 11.8. The maximum absolute atomic E-state index is 12.0. The fourth-order valence-corrected chi connectivity index (χ4v) is 3.39. The van der Waals surface area contributed by atoms with Crippen molar-refractivity contribution in [3.05, 3.63) is 35.9 Å². The highest BCUT2D eigenvalue weighted by Gasteiger charge is 2.13. The summed E-state index contributed by atoms with van der Waals surface area (Å²) in [6.45, 7) is 9.81. The van der Waals surface area contributed by atoms with Crippen molar-refractivity contribution in [3.63, 3.8) is 0 Å². The average molecular weight is 518 g/mol. The van der Waals surface area contributed by atoms with E-state index in [-0.39, 0.29) is 18.6 Å². The first-order chi connectivity index (χ1) is 18.0. The van der Waals surface area contributed by atoms with Gasteiger partial charge in [-0.25, -0.2) is 0 Å². The Bertz CT molecular complexity index is 886. The van der Waals surface area contributed by atoms with Crippen LogP contribution in [0.1, 0.15) is 50.4 Å². The summed E-state index contributed by atoms with van der Waals surface area (Å²) in [5.74, 6) is 1.67. The van der Waals surface area contributed by atoms with E-state index in [1.165, 1.54) is 0 Å². The predicted octanol–water partition coefficient (Wildman–Crippen LogP) is 2.78. The fourth-order valence-electron chi connectivity index (χ4n) is 3.39. The Labute approximate surface area is 220 Å². The minimum atomic E-state index is -0.131. The van der Waals surface area contributed by atoms with E-state index in [1.54, 1.807) is 12.1 Å². The molecule has 2 aromatic rings. The van der Waals surface area contributed by atoms with Crippen molar-refractivity contribution >= 4 is 23.8 Å². The van der Waals surface area contributed by atoms with Crippen molar-refractivity contribution in [1.82, 2.24) is 20.3 Å². The average Bonchev–Trinajstić information content (AvgIpc) is 2.89. The second-order valence-electron chi connectivity index (χ2n) is 9.01. The number of benzene rings is 1. The molecule has 2 rings (SSSR count). The number of rotatable bonds is 20. The molecule has 0 spiro atoms. The number of nitrogens with zero attached hydrogens (tertiary/aromatic N) is 3. The molecule has 0 aliphatic carbocycles. The van der Waals surface area contributed by atoms with Gasteiger partial charge in [0.05, 0.1) is 39.1 Å². The van der Waals surface area contributed by atoms with Crippen LogP contribution in [0.25, 0.3) is 0 Å². The van der Waals surface area contributed by atoms with Gasteiger partial charge in [0.15, 0.2) is 0 Å². The zero-order valence-electron chi connectivity index (χ0n) is 22.3. The SMILES string of the molecule is CCCCNc1nc(NCCOCCOCCNC(=O)c2ccccc2)nc(N[C@@H](CO)CC(C)C)n1. The molecule has 1 aromatic carbocycles. The van der Waals surface area contributed by atoms with Crippen LogP contribution in [-0.4, -0.2) is 84.7 Å². The van der Waals surface area contributed by atoms with Crippen molar-refractivity contribution in [1.29, 1.82) is 0 Å². The summed E-state index contributed by atoms with van der Waals surface area (Å²) >= 11 is 0. The highest BCUT2D eigenvalue weighted by Crippen LogP contribution is 2.13. The molecular weight excluding hydrogens is 474 g/mol. The van der Waals surface area contributed by atoms with Gasteiger partial charge < -0.3 is 35.8 Å². The summed E-state index contributed by atoms with van der Waals surface area (Å²) in [5.41, 5.74) is 0.632. The Morgan fingerprint density at radius 3 is 2.14 bits per heavy atom. The van der Waals surface area contributed by atoms with E-state index in [9.17, 15) is 9.90 Å². The number of hydrogen-bond acceptors (Lipinski definition) is 10. The molecule has 0 bridgehead atoms. The van der Waals surface area contributed by atoms with Crippen LogP contribution in [0.5, 0.6) is 0 Å². The van der Waals surface area contributed by atoms with Crippen molar-refractivity contribution in [2.75, 3.05) is 68.6 Å². The van der Waals surface area contributed by atoms with E-state index < -0.39 is 0 Å². The molecule has 37 heavy (non-hydrogen) atoms. The van der Waals surface area contributed by atoms with E-state index in [4.69, 9.17) is 9.47 Å². The van der Waals surface area contributed by atoms with Crippen LogP contribution in [0, 0.1) is 5.92 Å². The third-order valence-corrected chi connectivity index (χ3v) is 5.23. The minimum absolute atomic E-state index is 0.000525. The van der Waals surface area contributed by atoms with Gasteiger partial charge in [-0.05, 0) is 30.9 Å². The number of carbonyl (C=O) groups excluding carboxylic acids is 1. The van der Waals surface area contributed by atoms with Gasteiger partial charge in [0, 0.05) is 25.2 Å². The number of aliphatic hydroxyl groups excluding tert-OH is 1. The van der Waals surface area contributed by atoms with E-state index in [0.29, 0.717) is 68.8 Å². The minimum Gasteiger partial charge on any atom is -0.394 e. The lowest BCUT2D eigenvalue weighted by Gasteiger charge is -2.19. The van der Waals surface area contributed by atoms with Crippen LogP contribution >= 0.6 is 0 Å². The first-order valence-electron chi connectivity index (χ1n) is 13.1. The van der Waals surface area contributed by atoms with Crippen molar-refractivity contribution < 1.29 is 19.4 Å². The van der Waals surface area contributed by atoms with E-state index in [0.717, 1.165) is 25.8 Å². The van der Waals surface area contributed by atoms with Gasteiger partial charge in [0.2, 0.25) is 17.8 Å². The zero-order chi connectivity index (χ0) is 26.7. The first kappa shape index (κ1) is 30.2. The predicted molar refractivity (Wildman–Crippen MR) is 146 cm³/mol. The lowest BCUT2D eigenvalue weighted by atomic mass is 10.0. The first-order valence-corrected chi connectivity index (χ1v) is 13.1. The summed E-state index contributed by atoms with van der Waals surface area (Å²) in [4.78, 5) is 25.3. The molecule has 0 fully saturated rings. The molecular formula is C26H43N7O4. The maximum atomic E-state index is 12.0. The molecule has 0 saturated carbocycles. The number of aromatic nitrogens is 3. The van der Waals surface area contributed by atoms with Gasteiger partial charge in [-0.15, -0.1) is 0 Å². The van der Waals surface area contributed by atoms with E-state index in [2.05, 4.69) is 57.0 Å². The summed E-state index contributed by atoms with van der Waals surface area (Å²) in [6, 6.07) is 8.95. The molecule has 5 N–H and O–H groups in total. The Kier molecular flexibility index (Phi) is 14.9.